The van der Waals surface area contributed by atoms with Gasteiger partial charge in [0.25, 0.3) is 0 Å². The molecule has 8 heteroatoms. The molecule has 1 N–H and O–H groups in total. The summed E-state index contributed by atoms with van der Waals surface area (Å²) >= 11 is 0. The lowest BCUT2D eigenvalue weighted by Gasteiger charge is -2.45. The molecule has 1 fully saturated rings. The largest absolute Gasteiger partial charge is 0.444 e. The zero-order valence-corrected chi connectivity index (χ0v) is 14.7. The Balaban J connectivity index is 2.40. The zero-order valence-electron chi connectivity index (χ0n) is 14.7. The van der Waals surface area contributed by atoms with Gasteiger partial charge in [-0.2, -0.15) is 0 Å². The summed E-state index contributed by atoms with van der Waals surface area (Å²) in [5.74, 6) is -0.239. The summed E-state index contributed by atoms with van der Waals surface area (Å²) in [6.45, 7) is 10.1. The topological polar surface area (TPSA) is 97.6 Å². The number of hydrogen-bond donors (Lipinski definition) is 1. The molecule has 132 valence electrons. The molecule has 8 nitrogen and oxygen atoms in total. The van der Waals surface area contributed by atoms with Crippen LogP contribution in [0.1, 0.15) is 40.3 Å². The fourth-order valence-electron chi connectivity index (χ4n) is 2.66. The molecule has 1 aliphatic heterocycles. The van der Waals surface area contributed by atoms with Crippen molar-refractivity contribution in [1.82, 2.24) is 15.2 Å². The number of ether oxygens (including phenoxy) is 1. The number of piperazine rings is 1. The van der Waals surface area contributed by atoms with E-state index in [1.807, 2.05) is 13.8 Å². The molecule has 0 radical (unpaired) electrons. The lowest BCUT2D eigenvalue weighted by Crippen LogP contribution is -2.63. The smallest absolute Gasteiger partial charge is 0.411 e. The van der Waals surface area contributed by atoms with Crippen molar-refractivity contribution in [3.05, 3.63) is 34.0 Å². The first-order valence-electron chi connectivity index (χ1n) is 7.89. The van der Waals surface area contributed by atoms with Crippen LogP contribution in [0.4, 0.5) is 10.6 Å². The predicted molar refractivity (Wildman–Crippen MR) is 88.6 cm³/mol. The van der Waals surface area contributed by atoms with Crippen LogP contribution in [0.15, 0.2) is 18.2 Å². The number of amides is 1. The average Bonchev–Trinajstić information content (AvgIpc) is 2.48. The van der Waals surface area contributed by atoms with E-state index in [0.717, 1.165) is 0 Å². The van der Waals surface area contributed by atoms with E-state index in [2.05, 4.69) is 10.3 Å². The normalized spacial score (nSPS) is 24.5. The van der Waals surface area contributed by atoms with Crippen molar-refractivity contribution >= 4 is 11.9 Å². The first kappa shape index (κ1) is 18.1. The minimum Gasteiger partial charge on any atom is -0.444 e. The molecular weight excluding hydrogens is 312 g/mol. The van der Waals surface area contributed by atoms with Gasteiger partial charge in [0.05, 0.1) is 0 Å². The van der Waals surface area contributed by atoms with E-state index in [1.165, 1.54) is 6.07 Å². The van der Waals surface area contributed by atoms with Crippen molar-refractivity contribution in [2.75, 3.05) is 13.1 Å². The summed E-state index contributed by atoms with van der Waals surface area (Å²) in [6, 6.07) is 4.70. The SMILES string of the molecule is C[C@H]1CN(C(=O)OC(C)(C)C)[C@@](C)(c2cccc([N+](=O)[O-])n2)CN1. The molecule has 2 rings (SSSR count). The highest BCUT2D eigenvalue weighted by Gasteiger charge is 2.46. The third kappa shape index (κ3) is 3.81. The van der Waals surface area contributed by atoms with Crippen molar-refractivity contribution in [2.45, 2.75) is 51.8 Å². The molecule has 2 heterocycles. The van der Waals surface area contributed by atoms with Crippen molar-refractivity contribution in [2.24, 2.45) is 0 Å². The van der Waals surface area contributed by atoms with Gasteiger partial charge < -0.3 is 20.2 Å². The molecule has 1 aromatic heterocycles. The van der Waals surface area contributed by atoms with E-state index in [0.29, 0.717) is 18.8 Å². The minimum atomic E-state index is -0.832. The number of nitrogens with zero attached hydrogens (tertiary/aromatic N) is 3. The summed E-state index contributed by atoms with van der Waals surface area (Å²) in [7, 11) is 0. The van der Waals surface area contributed by atoms with Gasteiger partial charge in [-0.3, -0.25) is 4.90 Å². The predicted octanol–water partition coefficient (Wildman–Crippen LogP) is 2.43. The highest BCUT2D eigenvalue weighted by Crippen LogP contribution is 2.32. The lowest BCUT2D eigenvalue weighted by molar-refractivity contribution is -0.389. The second-order valence-electron chi connectivity index (χ2n) is 7.28. The van der Waals surface area contributed by atoms with Crippen LogP contribution in [0, 0.1) is 10.1 Å². The molecule has 0 spiro atoms. The maximum atomic E-state index is 12.7. The first-order chi connectivity index (χ1) is 11.0. The van der Waals surface area contributed by atoms with Gasteiger partial charge in [0.15, 0.2) is 5.69 Å². The maximum Gasteiger partial charge on any atom is 0.411 e. The van der Waals surface area contributed by atoms with Crippen molar-refractivity contribution < 1.29 is 14.5 Å². The van der Waals surface area contributed by atoms with E-state index in [-0.39, 0.29) is 11.9 Å². The van der Waals surface area contributed by atoms with Crippen LogP contribution >= 0.6 is 0 Å². The molecule has 0 aliphatic carbocycles. The van der Waals surface area contributed by atoms with Crippen molar-refractivity contribution in [3.8, 4) is 0 Å². The fraction of sp³-hybridized carbons (Fsp3) is 0.625. The quantitative estimate of drug-likeness (QED) is 0.658. The minimum absolute atomic E-state index is 0.0873. The van der Waals surface area contributed by atoms with E-state index in [1.54, 1.807) is 37.8 Å². The maximum absolute atomic E-state index is 12.7. The second-order valence-corrected chi connectivity index (χ2v) is 7.28. The second kappa shape index (κ2) is 6.35. The summed E-state index contributed by atoms with van der Waals surface area (Å²) in [5.41, 5.74) is -0.995. The van der Waals surface area contributed by atoms with Crippen LogP contribution in [0.3, 0.4) is 0 Å². The fourth-order valence-corrected chi connectivity index (χ4v) is 2.66. The molecule has 1 aromatic rings. The number of nitro groups is 1. The molecule has 1 amide bonds. The zero-order chi connectivity index (χ0) is 18.1. The molecule has 1 saturated heterocycles. The molecule has 24 heavy (non-hydrogen) atoms. The highest BCUT2D eigenvalue weighted by molar-refractivity contribution is 5.70. The van der Waals surface area contributed by atoms with Crippen LogP contribution in [0.25, 0.3) is 0 Å². The number of carbonyl (C=O) groups excluding carboxylic acids is 1. The Hall–Kier alpha value is -2.22. The number of nitrogens with one attached hydrogen (secondary N) is 1. The summed E-state index contributed by atoms with van der Waals surface area (Å²) in [4.78, 5) is 28.9. The summed E-state index contributed by atoms with van der Waals surface area (Å²) < 4.78 is 5.52. The summed E-state index contributed by atoms with van der Waals surface area (Å²) in [5, 5.41) is 14.3. The monoisotopic (exact) mass is 336 g/mol. The molecule has 1 aliphatic rings. The number of carbonyl (C=O) groups is 1. The molecule has 2 atom stereocenters. The Labute approximate surface area is 141 Å². The van der Waals surface area contributed by atoms with E-state index < -0.39 is 22.2 Å². The molecule has 0 unspecified atom stereocenters. The molecule has 0 saturated carbocycles. The number of rotatable bonds is 2. The van der Waals surface area contributed by atoms with Gasteiger partial charge in [-0.1, -0.05) is 0 Å². The van der Waals surface area contributed by atoms with E-state index in [4.69, 9.17) is 4.74 Å². The highest BCUT2D eigenvalue weighted by atomic mass is 16.6. The molecular formula is C16H24N4O4. The van der Waals surface area contributed by atoms with Crippen LogP contribution in [0.2, 0.25) is 0 Å². The van der Waals surface area contributed by atoms with Gasteiger partial charge in [-0.15, -0.1) is 0 Å². The first-order valence-corrected chi connectivity index (χ1v) is 7.89. The third-order valence-electron chi connectivity index (χ3n) is 3.93. The van der Waals surface area contributed by atoms with Gasteiger partial charge in [-0.05, 0) is 56.7 Å². The Morgan fingerprint density at radius 3 is 2.75 bits per heavy atom. The van der Waals surface area contributed by atoms with Crippen LogP contribution in [-0.4, -0.2) is 45.6 Å². The van der Waals surface area contributed by atoms with E-state index >= 15 is 0 Å². The Morgan fingerprint density at radius 2 is 2.17 bits per heavy atom. The molecule has 0 aromatic carbocycles. The van der Waals surface area contributed by atoms with Gasteiger partial charge in [-0.25, -0.2) is 4.79 Å². The number of aromatic nitrogens is 1. The van der Waals surface area contributed by atoms with Gasteiger partial charge in [0.2, 0.25) is 0 Å². The van der Waals surface area contributed by atoms with Crippen LogP contribution in [-0.2, 0) is 10.3 Å². The van der Waals surface area contributed by atoms with Gasteiger partial charge in [0, 0.05) is 25.2 Å². The average molecular weight is 336 g/mol. The standard InChI is InChI=1S/C16H24N4O4/c1-11-9-19(14(21)24-15(2,3)4)16(5,10-17-11)12-7-6-8-13(18-12)20(22)23/h6-8,11,17H,9-10H2,1-5H3/t11-,16+/m0/s1. The van der Waals surface area contributed by atoms with Crippen molar-refractivity contribution in [3.63, 3.8) is 0 Å². The van der Waals surface area contributed by atoms with Crippen LogP contribution < -0.4 is 5.32 Å². The van der Waals surface area contributed by atoms with Crippen molar-refractivity contribution in [1.29, 1.82) is 0 Å². The van der Waals surface area contributed by atoms with Gasteiger partial charge >= 0.3 is 11.9 Å². The number of pyridine rings is 1. The number of hydrogen-bond acceptors (Lipinski definition) is 6. The summed E-state index contributed by atoms with van der Waals surface area (Å²) in [6.07, 6.45) is -0.452. The lowest BCUT2D eigenvalue weighted by atomic mass is 9.91. The van der Waals surface area contributed by atoms with E-state index in [9.17, 15) is 14.9 Å². The third-order valence-corrected chi connectivity index (χ3v) is 3.93. The van der Waals surface area contributed by atoms with Gasteiger partial charge in [0.1, 0.15) is 11.1 Å². The Morgan fingerprint density at radius 1 is 1.50 bits per heavy atom. The Bertz CT molecular complexity index is 643. The van der Waals surface area contributed by atoms with Crippen LogP contribution in [0.5, 0.6) is 0 Å². The molecule has 0 bridgehead atoms. The Kier molecular flexibility index (Phi) is 4.80.